The topological polar surface area (TPSA) is 17.8 Å². The van der Waals surface area contributed by atoms with Crippen molar-refractivity contribution < 1.29 is 13.2 Å². The van der Waals surface area contributed by atoms with Crippen LogP contribution in [-0.2, 0) is 12.6 Å². The summed E-state index contributed by atoms with van der Waals surface area (Å²) in [5.74, 6) is 0.0778. The maximum atomic E-state index is 13.0. The summed E-state index contributed by atoms with van der Waals surface area (Å²) in [6.45, 7) is 5.62. The quantitative estimate of drug-likeness (QED) is 0.790. The monoisotopic (exact) mass is 246 g/mol. The van der Waals surface area contributed by atoms with Gasteiger partial charge in [-0.1, -0.05) is 6.92 Å². The predicted molar refractivity (Wildman–Crippen MR) is 59.0 cm³/mol. The Balaban J connectivity index is 2.58. The van der Waals surface area contributed by atoms with Crippen LogP contribution < -0.4 is 0 Å². The van der Waals surface area contributed by atoms with Crippen LogP contribution in [-0.4, -0.2) is 9.78 Å². The first kappa shape index (κ1) is 12.5. The van der Waals surface area contributed by atoms with Crippen molar-refractivity contribution >= 4 is 0 Å². The van der Waals surface area contributed by atoms with E-state index in [2.05, 4.69) is 5.10 Å². The molecule has 1 aromatic rings. The second kappa shape index (κ2) is 4.03. The van der Waals surface area contributed by atoms with E-state index < -0.39 is 11.9 Å². The van der Waals surface area contributed by atoms with Crippen LogP contribution in [0.3, 0.4) is 0 Å². The second-order valence-corrected chi connectivity index (χ2v) is 4.87. The number of aromatic nitrogens is 2. The minimum Gasteiger partial charge on any atom is -0.266 e. The lowest BCUT2D eigenvalue weighted by atomic mass is 10.1. The molecule has 0 spiro atoms. The van der Waals surface area contributed by atoms with Crippen LogP contribution in [0.1, 0.15) is 62.5 Å². The molecule has 1 aromatic heterocycles. The van der Waals surface area contributed by atoms with Crippen molar-refractivity contribution in [3.05, 3.63) is 17.0 Å². The summed E-state index contributed by atoms with van der Waals surface area (Å²) in [7, 11) is 0. The maximum absolute atomic E-state index is 13.0. The van der Waals surface area contributed by atoms with Gasteiger partial charge in [0.05, 0.1) is 0 Å². The molecule has 0 bridgehead atoms. The standard InChI is InChI=1S/C12H17F3N2/c1-4-9-10(8-5-6-8)11(12(13,14)15)16-17(9)7(2)3/h7-8H,4-6H2,1-3H3. The van der Waals surface area contributed by atoms with Crippen LogP contribution in [0.5, 0.6) is 0 Å². The van der Waals surface area contributed by atoms with Crippen molar-refractivity contribution in [3.8, 4) is 0 Å². The molecule has 2 nitrogen and oxygen atoms in total. The first-order valence-corrected chi connectivity index (χ1v) is 6.04. The van der Waals surface area contributed by atoms with Crippen LogP contribution >= 0.6 is 0 Å². The summed E-state index contributed by atoms with van der Waals surface area (Å²) >= 11 is 0. The Bertz CT molecular complexity index is 414. The molecule has 96 valence electrons. The summed E-state index contributed by atoms with van der Waals surface area (Å²) in [5.41, 5.74) is 0.550. The highest BCUT2D eigenvalue weighted by Gasteiger charge is 2.43. The zero-order valence-electron chi connectivity index (χ0n) is 10.3. The van der Waals surface area contributed by atoms with Crippen molar-refractivity contribution in [1.29, 1.82) is 0 Å². The first-order chi connectivity index (χ1) is 7.86. The smallest absolute Gasteiger partial charge is 0.266 e. The Morgan fingerprint density at radius 1 is 1.35 bits per heavy atom. The van der Waals surface area contributed by atoms with E-state index in [9.17, 15) is 13.2 Å². The van der Waals surface area contributed by atoms with Crippen molar-refractivity contribution in [2.24, 2.45) is 0 Å². The van der Waals surface area contributed by atoms with Gasteiger partial charge in [-0.05, 0) is 39.0 Å². The Hall–Kier alpha value is -1.00. The average molecular weight is 246 g/mol. The Kier molecular flexibility index (Phi) is 2.96. The highest BCUT2D eigenvalue weighted by atomic mass is 19.4. The van der Waals surface area contributed by atoms with E-state index in [-0.39, 0.29) is 12.0 Å². The van der Waals surface area contributed by atoms with E-state index in [0.29, 0.717) is 12.0 Å². The fourth-order valence-electron chi connectivity index (χ4n) is 2.27. The van der Waals surface area contributed by atoms with Gasteiger partial charge in [0.2, 0.25) is 0 Å². The van der Waals surface area contributed by atoms with Gasteiger partial charge < -0.3 is 0 Å². The third-order valence-electron chi connectivity index (χ3n) is 3.13. The molecule has 0 aliphatic heterocycles. The predicted octanol–water partition coefficient (Wildman–Crippen LogP) is 3.92. The molecule has 1 aliphatic carbocycles. The molecule has 1 aliphatic rings. The number of hydrogen-bond acceptors (Lipinski definition) is 1. The van der Waals surface area contributed by atoms with Crippen LogP contribution in [0.4, 0.5) is 13.2 Å². The summed E-state index contributed by atoms with van der Waals surface area (Å²) < 4.78 is 40.4. The van der Waals surface area contributed by atoms with Gasteiger partial charge in [0.1, 0.15) is 0 Å². The average Bonchev–Trinajstić information content (AvgIpc) is 2.95. The molecule has 0 saturated heterocycles. The first-order valence-electron chi connectivity index (χ1n) is 6.04. The summed E-state index contributed by atoms with van der Waals surface area (Å²) in [5, 5.41) is 3.80. The van der Waals surface area contributed by atoms with Crippen LogP contribution in [0, 0.1) is 0 Å². The van der Waals surface area contributed by atoms with E-state index in [1.165, 1.54) is 4.68 Å². The normalized spacial score (nSPS) is 16.9. The van der Waals surface area contributed by atoms with Crippen molar-refractivity contribution in [3.63, 3.8) is 0 Å². The van der Waals surface area contributed by atoms with E-state index in [1.54, 1.807) is 0 Å². The third kappa shape index (κ3) is 2.19. The molecule has 17 heavy (non-hydrogen) atoms. The molecule has 0 N–H and O–H groups in total. The van der Waals surface area contributed by atoms with Crippen LogP contribution in [0.15, 0.2) is 0 Å². The molecule has 0 amide bonds. The van der Waals surface area contributed by atoms with Gasteiger partial charge in [0.25, 0.3) is 0 Å². The van der Waals surface area contributed by atoms with Gasteiger partial charge in [0, 0.05) is 17.3 Å². The molecule has 2 rings (SSSR count). The minimum absolute atomic E-state index is 0.0291. The van der Waals surface area contributed by atoms with Gasteiger partial charge in [-0.3, -0.25) is 4.68 Å². The van der Waals surface area contributed by atoms with E-state index in [4.69, 9.17) is 0 Å². The number of alkyl halides is 3. The largest absolute Gasteiger partial charge is 0.435 e. The van der Waals surface area contributed by atoms with Gasteiger partial charge in [-0.25, -0.2) is 0 Å². The molecular weight excluding hydrogens is 229 g/mol. The molecular formula is C12H17F3N2. The Morgan fingerprint density at radius 3 is 2.29 bits per heavy atom. The molecule has 0 radical (unpaired) electrons. The van der Waals surface area contributed by atoms with Gasteiger partial charge in [0.15, 0.2) is 5.69 Å². The molecule has 0 aromatic carbocycles. The van der Waals surface area contributed by atoms with E-state index >= 15 is 0 Å². The number of nitrogens with zero attached hydrogens (tertiary/aromatic N) is 2. The van der Waals surface area contributed by atoms with Gasteiger partial charge in [-0.15, -0.1) is 0 Å². The van der Waals surface area contributed by atoms with E-state index in [0.717, 1.165) is 18.5 Å². The Labute approximate surface area is 98.8 Å². The van der Waals surface area contributed by atoms with Crippen LogP contribution in [0.25, 0.3) is 0 Å². The third-order valence-corrected chi connectivity index (χ3v) is 3.13. The number of hydrogen-bond donors (Lipinski definition) is 0. The van der Waals surface area contributed by atoms with Gasteiger partial charge in [-0.2, -0.15) is 18.3 Å². The zero-order valence-corrected chi connectivity index (χ0v) is 10.3. The lowest BCUT2D eigenvalue weighted by Gasteiger charge is -2.10. The fraction of sp³-hybridized carbons (Fsp3) is 0.750. The molecule has 5 heteroatoms. The molecule has 1 fully saturated rings. The van der Waals surface area contributed by atoms with Crippen molar-refractivity contribution in [2.45, 2.75) is 58.2 Å². The SMILES string of the molecule is CCc1c(C2CC2)c(C(F)(F)F)nn1C(C)C. The van der Waals surface area contributed by atoms with Gasteiger partial charge >= 0.3 is 6.18 Å². The summed E-state index contributed by atoms with van der Waals surface area (Å²) in [4.78, 5) is 0. The lowest BCUT2D eigenvalue weighted by Crippen LogP contribution is -2.10. The Morgan fingerprint density at radius 2 is 1.94 bits per heavy atom. The fourth-order valence-corrected chi connectivity index (χ4v) is 2.27. The van der Waals surface area contributed by atoms with Crippen molar-refractivity contribution in [1.82, 2.24) is 9.78 Å². The molecule has 1 saturated carbocycles. The molecule has 0 atom stereocenters. The minimum atomic E-state index is -4.33. The number of rotatable bonds is 3. The van der Waals surface area contributed by atoms with Crippen molar-refractivity contribution in [2.75, 3.05) is 0 Å². The zero-order chi connectivity index (χ0) is 12.8. The second-order valence-electron chi connectivity index (χ2n) is 4.87. The highest BCUT2D eigenvalue weighted by Crippen LogP contribution is 2.47. The number of halogens is 3. The summed E-state index contributed by atoms with van der Waals surface area (Å²) in [6.07, 6.45) is -2.01. The molecule has 1 heterocycles. The molecule has 0 unspecified atom stereocenters. The lowest BCUT2D eigenvalue weighted by molar-refractivity contribution is -0.142. The van der Waals surface area contributed by atoms with Crippen LogP contribution in [0.2, 0.25) is 0 Å². The summed E-state index contributed by atoms with van der Waals surface area (Å²) in [6, 6.07) is -0.0291. The highest BCUT2D eigenvalue weighted by molar-refractivity contribution is 5.35. The van der Waals surface area contributed by atoms with E-state index in [1.807, 2.05) is 20.8 Å². The maximum Gasteiger partial charge on any atom is 0.435 e.